The molecule has 1 atom stereocenters. The van der Waals surface area contributed by atoms with Crippen LogP contribution in [0.1, 0.15) is 48.7 Å². The van der Waals surface area contributed by atoms with E-state index in [9.17, 15) is 0 Å². The second-order valence-electron chi connectivity index (χ2n) is 16.1. The number of benzene rings is 7. The van der Waals surface area contributed by atoms with E-state index in [1.807, 2.05) is 18.3 Å². The Morgan fingerprint density at radius 3 is 2.16 bits per heavy atom. The number of fused-ring (bicyclic) bond motifs is 7. The molecule has 7 aromatic carbocycles. The van der Waals surface area contributed by atoms with Crippen molar-refractivity contribution >= 4 is 32.8 Å². The molecule has 1 unspecified atom stereocenters. The van der Waals surface area contributed by atoms with E-state index in [0.29, 0.717) is 0 Å². The van der Waals surface area contributed by atoms with E-state index >= 15 is 0 Å². The average molecular weight is 926 g/mol. The van der Waals surface area contributed by atoms with Gasteiger partial charge >= 0.3 is 21.1 Å². The molecule has 0 fully saturated rings. The zero-order valence-electron chi connectivity index (χ0n) is 32.3. The third-order valence-electron chi connectivity index (χ3n) is 11.9. The first-order valence-corrected chi connectivity index (χ1v) is 19.6. The second kappa shape index (κ2) is 13.6. The van der Waals surface area contributed by atoms with Crippen LogP contribution < -0.4 is 4.98 Å². The van der Waals surface area contributed by atoms with Crippen LogP contribution in [0.5, 0.6) is 0 Å². The van der Waals surface area contributed by atoms with Gasteiger partial charge < -0.3 is 4.98 Å². The summed E-state index contributed by atoms with van der Waals surface area (Å²) in [6, 6.07) is 64.5. The summed E-state index contributed by atoms with van der Waals surface area (Å²) in [6.45, 7) is 6.84. The van der Waals surface area contributed by atoms with Crippen molar-refractivity contribution in [1.82, 2.24) is 19.5 Å². The van der Waals surface area contributed by atoms with Gasteiger partial charge in [-0.05, 0) is 74.3 Å². The maximum atomic E-state index is 5.55. The minimum Gasteiger partial charge on any atom is -0.656 e. The number of aromatic nitrogens is 4. The van der Waals surface area contributed by atoms with Crippen molar-refractivity contribution in [3.63, 3.8) is 0 Å². The predicted molar refractivity (Wildman–Crippen MR) is 233 cm³/mol. The van der Waals surface area contributed by atoms with Crippen molar-refractivity contribution in [2.45, 2.75) is 31.6 Å². The fraction of sp³-hybridized carbons (Fsp3) is 0.0943. The molecule has 0 spiro atoms. The zero-order valence-corrected chi connectivity index (χ0v) is 34.6. The van der Waals surface area contributed by atoms with Gasteiger partial charge in [0.2, 0.25) is 0 Å². The van der Waals surface area contributed by atoms with Crippen LogP contribution in [-0.2, 0) is 31.9 Å². The topological polar surface area (TPSA) is 44.8 Å². The molecule has 11 rings (SSSR count). The Bertz CT molecular complexity index is 3170. The number of imidazole rings is 1. The summed E-state index contributed by atoms with van der Waals surface area (Å²) >= 11 is 0. The molecule has 58 heavy (non-hydrogen) atoms. The van der Waals surface area contributed by atoms with E-state index in [1.165, 1.54) is 27.8 Å². The predicted octanol–water partition coefficient (Wildman–Crippen LogP) is 12.5. The SMILES string of the molecule is CC(C)(C)c1ccc2c(c1)-c1ccccc1C2(c1[c-]c(-c2cccc3c2nc(-c2cccc4c2[n-]c2ccccc24)n3-c2ccccc2)ccc1)c1ccccn1.[Pt+2]. The molecule has 4 nitrogen and oxygen atoms in total. The summed E-state index contributed by atoms with van der Waals surface area (Å²) < 4.78 is 2.28. The van der Waals surface area contributed by atoms with Crippen LogP contribution in [0.3, 0.4) is 0 Å². The number of nitrogens with zero attached hydrogens (tertiary/aromatic N) is 4. The van der Waals surface area contributed by atoms with E-state index in [-0.39, 0.29) is 26.5 Å². The van der Waals surface area contributed by atoms with E-state index in [1.54, 1.807) is 0 Å². The van der Waals surface area contributed by atoms with Crippen LogP contribution in [-0.4, -0.2) is 14.5 Å². The van der Waals surface area contributed by atoms with Gasteiger partial charge in [0.05, 0.1) is 22.1 Å². The van der Waals surface area contributed by atoms with Crippen LogP contribution in [0.4, 0.5) is 0 Å². The molecule has 10 aromatic rings. The number of hydrogen-bond acceptors (Lipinski definition) is 2. The molecule has 1 aliphatic rings. The van der Waals surface area contributed by atoms with E-state index < -0.39 is 5.41 Å². The smallest absolute Gasteiger partial charge is 0.656 e. The number of rotatable bonds is 5. The Kier molecular flexibility index (Phi) is 8.48. The maximum Gasteiger partial charge on any atom is 2.00 e. The maximum absolute atomic E-state index is 5.55. The van der Waals surface area contributed by atoms with Crippen LogP contribution in [0.2, 0.25) is 0 Å². The largest absolute Gasteiger partial charge is 2.00 e. The molecule has 1 aliphatic carbocycles. The van der Waals surface area contributed by atoms with Gasteiger partial charge in [-0.1, -0.05) is 148 Å². The molecule has 0 amide bonds. The van der Waals surface area contributed by atoms with Gasteiger partial charge in [0, 0.05) is 17.4 Å². The van der Waals surface area contributed by atoms with Crippen LogP contribution in [0.25, 0.3) is 72.2 Å². The first-order valence-electron chi connectivity index (χ1n) is 19.6. The van der Waals surface area contributed by atoms with Crippen LogP contribution in [0.15, 0.2) is 176 Å². The summed E-state index contributed by atoms with van der Waals surface area (Å²) in [5.41, 5.74) is 15.5. The minimum absolute atomic E-state index is 0. The van der Waals surface area contributed by atoms with Gasteiger partial charge in [-0.3, -0.25) is 9.55 Å². The fourth-order valence-corrected chi connectivity index (χ4v) is 9.20. The van der Waals surface area contributed by atoms with Crippen molar-refractivity contribution in [2.24, 2.45) is 0 Å². The molecule has 0 N–H and O–H groups in total. The summed E-state index contributed by atoms with van der Waals surface area (Å²) in [5, 5.41) is 2.28. The molecule has 0 aliphatic heterocycles. The molecule has 0 saturated carbocycles. The molecule has 280 valence electrons. The van der Waals surface area contributed by atoms with Crippen molar-refractivity contribution < 1.29 is 21.1 Å². The molecular formula is C53H38N4Pt. The fourth-order valence-electron chi connectivity index (χ4n) is 9.20. The number of pyridine rings is 1. The molecule has 3 heterocycles. The Balaban J connectivity index is 0.00000408. The third kappa shape index (κ3) is 5.32. The van der Waals surface area contributed by atoms with Gasteiger partial charge in [-0.25, -0.2) is 4.98 Å². The minimum atomic E-state index is -0.677. The molecular weight excluding hydrogens is 888 g/mol. The van der Waals surface area contributed by atoms with Crippen molar-refractivity contribution in [3.8, 4) is 39.3 Å². The summed E-state index contributed by atoms with van der Waals surface area (Å²) in [7, 11) is 0. The first-order chi connectivity index (χ1) is 27.9. The summed E-state index contributed by atoms with van der Waals surface area (Å²) in [6.07, 6.45) is 1.91. The molecule has 0 saturated heterocycles. The standard InChI is InChI=1S/C53H38N4.Pt/c1-52(2,3)35-29-30-45-43(33-35)39-20-7-9-25-44(39)53(45,48-28-11-12-31-54-48)36-17-13-16-34(32-36)38-22-15-27-47-50(38)56-51(57(47)37-18-5-4-6-19-37)42-24-14-23-41-40-21-8-10-26-46(40)55-49(41)42;/h4-31,33H,1-3H3;/q-2;+2. The first kappa shape index (κ1) is 36.0. The van der Waals surface area contributed by atoms with Gasteiger partial charge in [0.25, 0.3) is 0 Å². The molecule has 5 heteroatoms. The Morgan fingerprint density at radius 2 is 1.31 bits per heavy atom. The Labute approximate surface area is 352 Å². The van der Waals surface area contributed by atoms with Gasteiger partial charge in [-0.2, -0.15) is 0 Å². The van der Waals surface area contributed by atoms with Crippen molar-refractivity contribution in [1.29, 1.82) is 0 Å². The van der Waals surface area contributed by atoms with E-state index in [0.717, 1.165) is 72.3 Å². The molecule has 0 bridgehead atoms. The summed E-state index contributed by atoms with van der Waals surface area (Å²) in [4.78, 5) is 15.8. The van der Waals surface area contributed by atoms with Gasteiger partial charge in [0.15, 0.2) is 0 Å². The monoisotopic (exact) mass is 925 g/mol. The number of hydrogen-bond donors (Lipinski definition) is 0. The Morgan fingerprint density at radius 1 is 0.603 bits per heavy atom. The van der Waals surface area contributed by atoms with Crippen molar-refractivity contribution in [3.05, 3.63) is 210 Å². The molecule has 3 aromatic heterocycles. The normalized spacial score (nSPS) is 14.7. The number of para-hydroxylation sites is 4. The molecule has 0 radical (unpaired) electrons. The quantitative estimate of drug-likeness (QED) is 0.162. The van der Waals surface area contributed by atoms with Gasteiger partial charge in [-0.15, -0.1) is 46.4 Å². The van der Waals surface area contributed by atoms with Crippen LogP contribution in [0, 0.1) is 6.07 Å². The van der Waals surface area contributed by atoms with Gasteiger partial charge in [0.1, 0.15) is 5.82 Å². The second-order valence-corrected chi connectivity index (χ2v) is 16.1. The average Bonchev–Trinajstić information content (AvgIpc) is 3.93. The van der Waals surface area contributed by atoms with Crippen molar-refractivity contribution in [2.75, 3.05) is 0 Å². The summed E-state index contributed by atoms with van der Waals surface area (Å²) in [5.74, 6) is 0.853. The third-order valence-corrected chi connectivity index (χ3v) is 11.9. The zero-order chi connectivity index (χ0) is 38.3. The van der Waals surface area contributed by atoms with E-state index in [4.69, 9.17) is 15.0 Å². The van der Waals surface area contributed by atoms with Crippen LogP contribution >= 0.6 is 0 Å². The Hall–Kier alpha value is -6.35. The van der Waals surface area contributed by atoms with E-state index in [2.05, 4.69) is 189 Å².